The summed E-state index contributed by atoms with van der Waals surface area (Å²) in [5.41, 5.74) is 0.602. The van der Waals surface area contributed by atoms with Gasteiger partial charge in [-0.25, -0.2) is 0 Å². The number of nitrogens with zero attached hydrogens (tertiary/aromatic N) is 2. The van der Waals surface area contributed by atoms with Gasteiger partial charge in [-0.15, -0.1) is 0 Å². The molecule has 0 radical (unpaired) electrons. The number of rotatable bonds is 7. The molecule has 25 heavy (non-hydrogen) atoms. The monoisotopic (exact) mass is 348 g/mol. The fraction of sp³-hybridized carbons (Fsp3) is 0.529. The van der Waals surface area contributed by atoms with Gasteiger partial charge in [-0.05, 0) is 33.1 Å². The van der Waals surface area contributed by atoms with Crippen molar-refractivity contribution in [1.29, 1.82) is 0 Å². The largest absolute Gasteiger partial charge is 0.351 e. The van der Waals surface area contributed by atoms with Crippen molar-refractivity contribution in [3.63, 3.8) is 0 Å². The highest BCUT2D eigenvalue weighted by Crippen LogP contribution is 2.17. The number of carbonyl (C=O) groups excluding carboxylic acids is 2. The molecule has 0 unspecified atom stereocenters. The van der Waals surface area contributed by atoms with Crippen molar-refractivity contribution in [1.82, 2.24) is 20.9 Å². The molecule has 2 N–H and O–H groups in total. The Kier molecular flexibility index (Phi) is 5.61. The second-order valence-corrected chi connectivity index (χ2v) is 6.96. The molecule has 0 bridgehead atoms. The van der Waals surface area contributed by atoms with Crippen LogP contribution in [0.1, 0.15) is 59.7 Å². The third-order valence-corrected chi connectivity index (χ3v) is 3.62. The van der Waals surface area contributed by atoms with Gasteiger partial charge in [0.1, 0.15) is 0 Å². The van der Waals surface area contributed by atoms with Crippen LogP contribution < -0.4 is 10.6 Å². The van der Waals surface area contributed by atoms with Gasteiger partial charge in [-0.1, -0.05) is 24.2 Å². The van der Waals surface area contributed by atoms with E-state index in [1.807, 2.05) is 20.8 Å². The lowest BCUT2D eigenvalue weighted by Gasteiger charge is -2.32. The van der Waals surface area contributed by atoms with E-state index in [1.54, 1.807) is 26.0 Å². The van der Waals surface area contributed by atoms with Gasteiger partial charge in [0, 0.05) is 18.7 Å². The Bertz CT molecular complexity index is 749. The fourth-order valence-corrected chi connectivity index (χ4v) is 2.71. The molecule has 0 spiro atoms. The normalized spacial score (nSPS) is 13.5. The minimum absolute atomic E-state index is 0.140. The molecule has 8 heteroatoms. The Morgan fingerprint density at radius 1 is 1.08 bits per heavy atom. The first-order valence-electron chi connectivity index (χ1n) is 8.16. The number of carbonyl (C=O) groups is 2. The van der Waals surface area contributed by atoms with Crippen LogP contribution in [0.25, 0.3) is 0 Å². The zero-order chi connectivity index (χ0) is 18.6. The van der Waals surface area contributed by atoms with E-state index in [4.69, 9.17) is 9.05 Å². The molecule has 0 fully saturated rings. The van der Waals surface area contributed by atoms with Gasteiger partial charge in [0.15, 0.2) is 0 Å². The molecule has 2 aromatic rings. The molecule has 2 amide bonds. The Balaban J connectivity index is 2.05. The number of hydrogen-bond donors (Lipinski definition) is 2. The molecule has 2 heterocycles. The molecule has 0 saturated carbocycles. The molecule has 0 saturated heterocycles. The van der Waals surface area contributed by atoms with Crippen LogP contribution in [0.5, 0.6) is 0 Å². The topological polar surface area (TPSA) is 110 Å². The van der Waals surface area contributed by atoms with Crippen LogP contribution in [0.3, 0.4) is 0 Å². The summed E-state index contributed by atoms with van der Waals surface area (Å²) >= 11 is 0. The second kappa shape index (κ2) is 7.50. The minimum atomic E-state index is -0.656. The Hall–Kier alpha value is -2.64. The standard InChI is InChI=1S/C17H24N4O4/c1-10(2)8-17(5,19-16(23)14-7-12(4)21-25-14)9-18-15(22)13-6-11(3)20-24-13/h6-7,10H,8-9H2,1-5H3,(H,18,22)(H,19,23)/t17-/m0/s1. The van der Waals surface area contributed by atoms with E-state index in [9.17, 15) is 9.59 Å². The highest BCUT2D eigenvalue weighted by atomic mass is 16.5. The average Bonchev–Trinajstić information content (AvgIpc) is 3.12. The predicted octanol–water partition coefficient (Wildman–Crippen LogP) is 2.24. The van der Waals surface area contributed by atoms with Crippen molar-refractivity contribution < 1.29 is 18.6 Å². The predicted molar refractivity (Wildman–Crippen MR) is 90.1 cm³/mol. The van der Waals surface area contributed by atoms with Gasteiger partial charge in [0.05, 0.1) is 16.9 Å². The summed E-state index contributed by atoms with van der Waals surface area (Å²) in [4.78, 5) is 24.6. The number of amides is 2. The van der Waals surface area contributed by atoms with Crippen molar-refractivity contribution in [2.75, 3.05) is 6.54 Å². The quantitative estimate of drug-likeness (QED) is 0.794. The Labute approximate surface area is 146 Å². The molecule has 0 aromatic carbocycles. The first kappa shape index (κ1) is 18.7. The Morgan fingerprint density at radius 3 is 2.04 bits per heavy atom. The van der Waals surface area contributed by atoms with Crippen LogP contribution in [0.4, 0.5) is 0 Å². The summed E-state index contributed by atoms with van der Waals surface area (Å²) in [6.07, 6.45) is 0.668. The molecule has 0 aliphatic carbocycles. The molecule has 2 aromatic heterocycles. The SMILES string of the molecule is Cc1cc(C(=O)NC[C@](C)(CC(C)C)NC(=O)c2cc(C)no2)on1. The molecular weight excluding hydrogens is 324 g/mol. The van der Waals surface area contributed by atoms with Crippen LogP contribution in [0, 0.1) is 19.8 Å². The molecule has 136 valence electrons. The summed E-state index contributed by atoms with van der Waals surface area (Å²) in [7, 11) is 0. The highest BCUT2D eigenvalue weighted by molar-refractivity contribution is 5.93. The third-order valence-electron chi connectivity index (χ3n) is 3.62. The van der Waals surface area contributed by atoms with Crippen molar-refractivity contribution in [2.24, 2.45) is 5.92 Å². The van der Waals surface area contributed by atoms with E-state index in [0.717, 1.165) is 0 Å². The second-order valence-electron chi connectivity index (χ2n) is 6.96. The molecule has 2 rings (SSSR count). The number of aryl methyl sites for hydroxylation is 2. The third kappa shape index (κ3) is 5.17. The first-order valence-corrected chi connectivity index (χ1v) is 8.16. The highest BCUT2D eigenvalue weighted by Gasteiger charge is 2.30. The maximum absolute atomic E-state index is 12.4. The van der Waals surface area contributed by atoms with Gasteiger partial charge in [0.25, 0.3) is 11.8 Å². The summed E-state index contributed by atoms with van der Waals surface area (Å²) in [6.45, 7) is 9.69. The lowest BCUT2D eigenvalue weighted by Crippen LogP contribution is -2.54. The van der Waals surface area contributed by atoms with Gasteiger partial charge in [0.2, 0.25) is 11.5 Å². The van der Waals surface area contributed by atoms with E-state index in [1.165, 1.54) is 0 Å². The van der Waals surface area contributed by atoms with E-state index in [-0.39, 0.29) is 29.9 Å². The van der Waals surface area contributed by atoms with Crippen LogP contribution >= 0.6 is 0 Å². The van der Waals surface area contributed by atoms with Crippen molar-refractivity contribution in [3.05, 3.63) is 35.0 Å². The van der Waals surface area contributed by atoms with Crippen molar-refractivity contribution >= 4 is 11.8 Å². The van der Waals surface area contributed by atoms with E-state index in [0.29, 0.717) is 23.7 Å². The van der Waals surface area contributed by atoms with Gasteiger partial charge in [-0.3, -0.25) is 9.59 Å². The summed E-state index contributed by atoms with van der Waals surface area (Å²) < 4.78 is 9.95. The summed E-state index contributed by atoms with van der Waals surface area (Å²) in [6, 6.07) is 3.13. The van der Waals surface area contributed by atoms with Gasteiger partial charge < -0.3 is 19.7 Å². The Morgan fingerprint density at radius 2 is 1.60 bits per heavy atom. The number of hydrogen-bond acceptors (Lipinski definition) is 6. The first-order chi connectivity index (χ1) is 11.7. The molecule has 8 nitrogen and oxygen atoms in total. The lowest BCUT2D eigenvalue weighted by atomic mass is 9.90. The van der Waals surface area contributed by atoms with E-state index < -0.39 is 5.54 Å². The molecule has 0 aliphatic rings. The number of nitrogens with one attached hydrogen (secondary N) is 2. The molecule has 0 aliphatic heterocycles. The summed E-state index contributed by atoms with van der Waals surface area (Å²) in [5.74, 6) is -0.147. The minimum Gasteiger partial charge on any atom is -0.351 e. The fourth-order valence-electron chi connectivity index (χ4n) is 2.71. The average molecular weight is 348 g/mol. The van der Waals surface area contributed by atoms with Crippen molar-refractivity contribution in [3.8, 4) is 0 Å². The maximum Gasteiger partial charge on any atom is 0.290 e. The zero-order valence-electron chi connectivity index (χ0n) is 15.2. The van der Waals surface area contributed by atoms with Gasteiger partial charge in [-0.2, -0.15) is 0 Å². The lowest BCUT2D eigenvalue weighted by molar-refractivity contribution is 0.0823. The van der Waals surface area contributed by atoms with Crippen LogP contribution in [0.2, 0.25) is 0 Å². The van der Waals surface area contributed by atoms with Crippen LogP contribution in [-0.4, -0.2) is 34.2 Å². The molecular formula is C17H24N4O4. The molecule has 1 atom stereocenters. The van der Waals surface area contributed by atoms with Gasteiger partial charge >= 0.3 is 0 Å². The van der Waals surface area contributed by atoms with E-state index >= 15 is 0 Å². The van der Waals surface area contributed by atoms with Crippen LogP contribution in [-0.2, 0) is 0 Å². The smallest absolute Gasteiger partial charge is 0.290 e. The van der Waals surface area contributed by atoms with E-state index in [2.05, 4.69) is 20.9 Å². The number of aromatic nitrogens is 2. The summed E-state index contributed by atoms with van der Waals surface area (Å²) in [5, 5.41) is 13.1. The van der Waals surface area contributed by atoms with Crippen molar-refractivity contribution in [2.45, 2.75) is 46.6 Å². The van der Waals surface area contributed by atoms with Crippen LogP contribution in [0.15, 0.2) is 21.2 Å². The maximum atomic E-state index is 12.4. The zero-order valence-corrected chi connectivity index (χ0v) is 15.2.